The average molecular weight is 482 g/mol. The molecule has 35 heavy (non-hydrogen) atoms. The zero-order valence-electron chi connectivity index (χ0n) is 18.2. The summed E-state index contributed by atoms with van der Waals surface area (Å²) in [7, 11) is 1.16. The van der Waals surface area contributed by atoms with E-state index >= 15 is 0 Å². The number of rotatable bonds is 5. The van der Waals surface area contributed by atoms with E-state index in [1.807, 2.05) is 0 Å². The van der Waals surface area contributed by atoms with Crippen LogP contribution in [0.1, 0.15) is 23.5 Å². The van der Waals surface area contributed by atoms with E-state index in [2.05, 4.69) is 0 Å². The van der Waals surface area contributed by atoms with E-state index in [0.29, 0.717) is 5.56 Å². The quantitative estimate of drug-likeness (QED) is 0.211. The smallest absolute Gasteiger partial charge is 0.306 e. The summed E-state index contributed by atoms with van der Waals surface area (Å²) in [6, 6.07) is 9.30. The summed E-state index contributed by atoms with van der Waals surface area (Å²) in [5, 5.41) is 50.7. The fourth-order valence-electron chi connectivity index (χ4n) is 3.87. The number of hydrogen-bond donors (Lipinski definition) is 5. The molecule has 0 amide bonds. The first-order chi connectivity index (χ1) is 16.6. The number of phenols is 4. The maximum atomic E-state index is 13.6. The molecule has 0 saturated heterocycles. The second-order valence-corrected chi connectivity index (χ2v) is 7.73. The molecule has 10 heteroatoms. The number of carbonyl (C=O) groups excluding carboxylic acids is 1. The van der Waals surface area contributed by atoms with Gasteiger partial charge in [-0.3, -0.25) is 9.59 Å². The van der Waals surface area contributed by atoms with Gasteiger partial charge >= 0.3 is 5.97 Å². The number of hydrogen-bond acceptors (Lipinski definition) is 9. The standard InChI is InChI=1S/C25H19FO9/c1-34-19(31)9-14(11-2-5-13(26)6-3-11)20-17(29)10-18(30)21-22(32)23(33)24(35-25(20)21)12-4-7-15(27)16(28)8-12/h2-8,10,14,27-30,33H,9H2,1H3/t14-/m0/s1. The minimum Gasteiger partial charge on any atom is -0.507 e. The molecule has 180 valence electrons. The van der Waals surface area contributed by atoms with Crippen LogP contribution < -0.4 is 5.43 Å². The summed E-state index contributed by atoms with van der Waals surface area (Å²) >= 11 is 0. The predicted molar refractivity (Wildman–Crippen MR) is 121 cm³/mol. The van der Waals surface area contributed by atoms with Gasteiger partial charge in [-0.25, -0.2) is 4.39 Å². The lowest BCUT2D eigenvalue weighted by molar-refractivity contribution is -0.140. The molecule has 5 N–H and O–H groups in total. The molecule has 1 atom stereocenters. The predicted octanol–water partition coefficient (Wildman–Crippen LogP) is 3.82. The lowest BCUT2D eigenvalue weighted by Gasteiger charge is -2.20. The molecule has 3 aromatic carbocycles. The van der Waals surface area contributed by atoms with Crippen LogP contribution >= 0.6 is 0 Å². The number of carbonyl (C=O) groups is 1. The average Bonchev–Trinajstić information content (AvgIpc) is 2.82. The molecule has 0 aliphatic carbocycles. The van der Waals surface area contributed by atoms with Crippen LogP contribution in [0.25, 0.3) is 22.3 Å². The van der Waals surface area contributed by atoms with E-state index in [1.54, 1.807) is 0 Å². The van der Waals surface area contributed by atoms with Crippen LogP contribution in [-0.2, 0) is 9.53 Å². The first-order valence-electron chi connectivity index (χ1n) is 10.2. The third-order valence-corrected chi connectivity index (χ3v) is 5.60. The van der Waals surface area contributed by atoms with E-state index in [1.165, 1.54) is 18.2 Å². The minimum absolute atomic E-state index is 0.00289. The van der Waals surface area contributed by atoms with Crippen LogP contribution in [0.2, 0.25) is 0 Å². The summed E-state index contributed by atoms with van der Waals surface area (Å²) < 4.78 is 24.1. The summed E-state index contributed by atoms with van der Waals surface area (Å²) in [5.41, 5.74) is -1.15. The van der Waals surface area contributed by atoms with Gasteiger partial charge in [-0.2, -0.15) is 0 Å². The highest BCUT2D eigenvalue weighted by molar-refractivity contribution is 5.92. The van der Waals surface area contributed by atoms with Crippen molar-refractivity contribution in [1.29, 1.82) is 0 Å². The highest BCUT2D eigenvalue weighted by Gasteiger charge is 2.30. The van der Waals surface area contributed by atoms with E-state index < -0.39 is 63.0 Å². The van der Waals surface area contributed by atoms with Gasteiger partial charge in [-0.05, 0) is 35.9 Å². The van der Waals surface area contributed by atoms with Crippen molar-refractivity contribution in [2.75, 3.05) is 7.11 Å². The molecule has 0 saturated carbocycles. The number of ether oxygens (including phenoxy) is 1. The second kappa shape index (κ2) is 8.90. The Morgan fingerprint density at radius 3 is 2.26 bits per heavy atom. The number of aromatic hydroxyl groups is 5. The molecule has 0 unspecified atom stereocenters. The van der Waals surface area contributed by atoms with Crippen LogP contribution in [0.5, 0.6) is 28.7 Å². The van der Waals surface area contributed by atoms with Crippen LogP contribution in [-0.4, -0.2) is 38.6 Å². The van der Waals surface area contributed by atoms with Gasteiger partial charge < -0.3 is 34.7 Å². The molecule has 4 aromatic rings. The largest absolute Gasteiger partial charge is 0.507 e. The van der Waals surface area contributed by atoms with Crippen molar-refractivity contribution in [3.05, 3.63) is 75.7 Å². The van der Waals surface area contributed by atoms with Gasteiger partial charge in [0.05, 0.1) is 13.5 Å². The van der Waals surface area contributed by atoms with Gasteiger partial charge in [0.2, 0.25) is 11.2 Å². The van der Waals surface area contributed by atoms with Crippen LogP contribution in [0.3, 0.4) is 0 Å². The van der Waals surface area contributed by atoms with Crippen LogP contribution in [0.15, 0.2) is 57.7 Å². The number of benzene rings is 3. The summed E-state index contributed by atoms with van der Waals surface area (Å²) in [4.78, 5) is 25.3. The number of halogens is 1. The molecular weight excluding hydrogens is 463 g/mol. The summed E-state index contributed by atoms with van der Waals surface area (Å²) in [5.74, 6) is -5.83. The van der Waals surface area contributed by atoms with Crippen molar-refractivity contribution in [1.82, 2.24) is 0 Å². The van der Waals surface area contributed by atoms with Gasteiger partial charge in [-0.1, -0.05) is 12.1 Å². The maximum absolute atomic E-state index is 13.6. The molecule has 0 bridgehead atoms. The Morgan fingerprint density at radius 2 is 1.63 bits per heavy atom. The van der Waals surface area contributed by atoms with Gasteiger partial charge in [0.25, 0.3) is 0 Å². The Kier molecular flexibility index (Phi) is 5.96. The maximum Gasteiger partial charge on any atom is 0.306 e. The fourth-order valence-corrected chi connectivity index (χ4v) is 3.87. The van der Waals surface area contributed by atoms with Crippen molar-refractivity contribution in [2.24, 2.45) is 0 Å². The van der Waals surface area contributed by atoms with E-state index in [9.17, 15) is 39.5 Å². The van der Waals surface area contributed by atoms with Crippen molar-refractivity contribution in [2.45, 2.75) is 12.3 Å². The topological polar surface area (TPSA) is 158 Å². The van der Waals surface area contributed by atoms with Crippen molar-refractivity contribution < 1.29 is 43.9 Å². The summed E-state index contributed by atoms with van der Waals surface area (Å²) in [6.07, 6.45) is -0.352. The molecule has 0 spiro atoms. The number of fused-ring (bicyclic) bond motifs is 1. The highest BCUT2D eigenvalue weighted by atomic mass is 19.1. The highest BCUT2D eigenvalue weighted by Crippen LogP contribution is 2.45. The third kappa shape index (κ3) is 4.17. The third-order valence-electron chi connectivity index (χ3n) is 5.60. The second-order valence-electron chi connectivity index (χ2n) is 7.73. The lowest BCUT2D eigenvalue weighted by Crippen LogP contribution is -2.12. The van der Waals surface area contributed by atoms with E-state index in [4.69, 9.17) is 9.15 Å². The molecule has 0 aliphatic rings. The molecule has 0 radical (unpaired) electrons. The van der Waals surface area contributed by atoms with Crippen LogP contribution in [0.4, 0.5) is 4.39 Å². The first-order valence-corrected chi connectivity index (χ1v) is 10.2. The molecule has 1 heterocycles. The Morgan fingerprint density at radius 1 is 0.943 bits per heavy atom. The molecule has 4 rings (SSSR count). The zero-order chi connectivity index (χ0) is 25.4. The minimum atomic E-state index is -1.05. The van der Waals surface area contributed by atoms with E-state index in [0.717, 1.165) is 37.4 Å². The molecule has 1 aromatic heterocycles. The Hall–Kier alpha value is -4.73. The Balaban J connectivity index is 2.08. The van der Waals surface area contributed by atoms with Gasteiger partial charge in [-0.15, -0.1) is 0 Å². The number of phenolic OH excluding ortho intramolecular Hbond substituents is 4. The number of esters is 1. The van der Waals surface area contributed by atoms with Gasteiger partial charge in [0, 0.05) is 23.1 Å². The summed E-state index contributed by atoms with van der Waals surface area (Å²) in [6.45, 7) is 0. The SMILES string of the molecule is COC(=O)C[C@@H](c1ccc(F)cc1)c1c(O)cc(O)c2c(=O)c(O)c(-c3ccc(O)c(O)c3)oc12. The monoisotopic (exact) mass is 482 g/mol. The number of methoxy groups -OCH3 is 1. The fraction of sp³-hybridized carbons (Fsp3) is 0.120. The lowest BCUT2D eigenvalue weighted by atomic mass is 9.86. The zero-order valence-corrected chi connectivity index (χ0v) is 18.2. The molecule has 0 fully saturated rings. The van der Waals surface area contributed by atoms with Gasteiger partial charge in [0.1, 0.15) is 28.3 Å². The Labute approximate surface area is 196 Å². The molecule has 9 nitrogen and oxygen atoms in total. The Bertz CT molecular complexity index is 1510. The molecule has 0 aliphatic heterocycles. The van der Waals surface area contributed by atoms with Crippen molar-refractivity contribution in [3.8, 4) is 40.1 Å². The van der Waals surface area contributed by atoms with Crippen LogP contribution in [0, 0.1) is 5.82 Å². The molecular formula is C25H19FO9. The van der Waals surface area contributed by atoms with E-state index in [-0.39, 0.29) is 23.1 Å². The first kappa shape index (κ1) is 23.4. The normalized spacial score (nSPS) is 11.9. The van der Waals surface area contributed by atoms with Gasteiger partial charge in [0.15, 0.2) is 17.3 Å². The van der Waals surface area contributed by atoms with Crippen molar-refractivity contribution in [3.63, 3.8) is 0 Å². The van der Waals surface area contributed by atoms with Crippen molar-refractivity contribution >= 4 is 16.9 Å².